The minimum Gasteiger partial charge on any atom is -0.484 e. The van der Waals surface area contributed by atoms with Gasteiger partial charge in [0.25, 0.3) is 5.91 Å². The summed E-state index contributed by atoms with van der Waals surface area (Å²) < 4.78 is 5.69. The molecule has 148 valence electrons. The molecule has 0 atom stereocenters. The summed E-state index contributed by atoms with van der Waals surface area (Å²) in [6.45, 7) is 6.37. The van der Waals surface area contributed by atoms with Crippen molar-refractivity contribution in [1.29, 1.82) is 5.26 Å². The first-order valence-corrected chi connectivity index (χ1v) is 10.2. The van der Waals surface area contributed by atoms with E-state index in [1.807, 2.05) is 49.4 Å². The van der Waals surface area contributed by atoms with E-state index in [4.69, 9.17) is 4.74 Å². The van der Waals surface area contributed by atoms with Crippen LogP contribution < -0.4 is 9.64 Å². The zero-order valence-electron chi connectivity index (χ0n) is 16.8. The molecule has 0 fully saturated rings. The number of hydrogen-bond acceptors (Lipinski definition) is 5. The van der Waals surface area contributed by atoms with Crippen molar-refractivity contribution in [1.82, 2.24) is 4.98 Å². The molecule has 0 saturated carbocycles. The van der Waals surface area contributed by atoms with Crippen LogP contribution in [0.1, 0.15) is 41.6 Å². The van der Waals surface area contributed by atoms with E-state index in [1.54, 1.807) is 17.0 Å². The third kappa shape index (κ3) is 5.21. The fourth-order valence-corrected chi connectivity index (χ4v) is 3.93. The molecular weight excluding hydrogens is 382 g/mol. The average molecular weight is 406 g/mol. The van der Waals surface area contributed by atoms with Crippen LogP contribution in [-0.4, -0.2) is 17.5 Å². The fraction of sp³-hybridized carbons (Fsp3) is 0.261. The molecule has 3 aromatic rings. The van der Waals surface area contributed by atoms with Gasteiger partial charge in [0.15, 0.2) is 6.61 Å². The van der Waals surface area contributed by atoms with Gasteiger partial charge in [0, 0.05) is 5.92 Å². The van der Waals surface area contributed by atoms with Gasteiger partial charge >= 0.3 is 0 Å². The van der Waals surface area contributed by atoms with Crippen LogP contribution in [0.4, 0.5) is 5.00 Å². The number of para-hydroxylation sites is 1. The Hall–Kier alpha value is -3.17. The Morgan fingerprint density at radius 1 is 1.21 bits per heavy atom. The van der Waals surface area contributed by atoms with E-state index in [-0.39, 0.29) is 18.4 Å². The monoisotopic (exact) mass is 405 g/mol. The molecule has 5 nitrogen and oxygen atoms in total. The first-order valence-electron chi connectivity index (χ1n) is 9.42. The molecule has 2 aromatic carbocycles. The van der Waals surface area contributed by atoms with Gasteiger partial charge in [-0.1, -0.05) is 44.2 Å². The number of rotatable bonds is 7. The van der Waals surface area contributed by atoms with Crippen LogP contribution in [0.25, 0.3) is 0 Å². The Bertz CT molecular complexity index is 1020. The van der Waals surface area contributed by atoms with Crippen molar-refractivity contribution < 1.29 is 9.53 Å². The van der Waals surface area contributed by atoms with Crippen LogP contribution in [0.15, 0.2) is 54.6 Å². The number of amides is 1. The van der Waals surface area contributed by atoms with Crippen LogP contribution in [0.3, 0.4) is 0 Å². The second kappa shape index (κ2) is 9.35. The Balaban J connectivity index is 1.88. The van der Waals surface area contributed by atoms with E-state index >= 15 is 0 Å². The second-order valence-electron chi connectivity index (χ2n) is 6.99. The molecule has 29 heavy (non-hydrogen) atoms. The van der Waals surface area contributed by atoms with E-state index in [1.165, 1.54) is 11.3 Å². The average Bonchev–Trinajstić information content (AvgIpc) is 3.13. The molecule has 6 heteroatoms. The zero-order valence-corrected chi connectivity index (χ0v) is 17.6. The quantitative estimate of drug-likeness (QED) is 0.551. The van der Waals surface area contributed by atoms with E-state index in [2.05, 4.69) is 24.9 Å². The third-order valence-corrected chi connectivity index (χ3v) is 5.81. The molecular formula is C23H23N3O2S. The van der Waals surface area contributed by atoms with E-state index in [0.29, 0.717) is 17.9 Å². The van der Waals surface area contributed by atoms with Gasteiger partial charge in [0.2, 0.25) is 0 Å². The molecule has 1 amide bonds. The van der Waals surface area contributed by atoms with E-state index < -0.39 is 0 Å². The van der Waals surface area contributed by atoms with Crippen LogP contribution >= 0.6 is 11.3 Å². The zero-order chi connectivity index (χ0) is 20.8. The van der Waals surface area contributed by atoms with Gasteiger partial charge < -0.3 is 4.74 Å². The summed E-state index contributed by atoms with van der Waals surface area (Å²) in [5, 5.41) is 11.0. The van der Waals surface area contributed by atoms with Crippen LogP contribution in [0, 0.1) is 18.3 Å². The normalized spacial score (nSPS) is 10.6. The molecule has 0 spiro atoms. The Morgan fingerprint density at radius 2 is 1.97 bits per heavy atom. The molecule has 0 aliphatic rings. The highest BCUT2D eigenvalue weighted by Crippen LogP contribution is 2.33. The number of anilines is 1. The minimum absolute atomic E-state index is 0.0731. The lowest BCUT2D eigenvalue weighted by Crippen LogP contribution is -2.34. The molecule has 0 radical (unpaired) electrons. The fourth-order valence-electron chi connectivity index (χ4n) is 2.84. The van der Waals surface area contributed by atoms with Crippen LogP contribution in [0.2, 0.25) is 0 Å². The lowest BCUT2D eigenvalue weighted by molar-refractivity contribution is -0.120. The molecule has 1 heterocycles. The van der Waals surface area contributed by atoms with Crippen molar-refractivity contribution >= 4 is 22.2 Å². The van der Waals surface area contributed by atoms with Gasteiger partial charge in [-0.25, -0.2) is 4.98 Å². The number of aromatic nitrogens is 1. The molecule has 0 saturated heterocycles. The first kappa shape index (κ1) is 20.6. The summed E-state index contributed by atoms with van der Waals surface area (Å²) >= 11 is 1.53. The van der Waals surface area contributed by atoms with Crippen molar-refractivity contribution in [2.24, 2.45) is 0 Å². The van der Waals surface area contributed by atoms with Crippen molar-refractivity contribution in [2.45, 2.75) is 33.2 Å². The Morgan fingerprint density at radius 3 is 2.62 bits per heavy atom. The summed E-state index contributed by atoms with van der Waals surface area (Å²) in [6, 6.07) is 18.7. The lowest BCUT2D eigenvalue weighted by atomic mass is 10.1. The van der Waals surface area contributed by atoms with Gasteiger partial charge in [0.05, 0.1) is 28.9 Å². The van der Waals surface area contributed by atoms with Gasteiger partial charge in [-0.3, -0.25) is 9.69 Å². The largest absolute Gasteiger partial charge is 0.484 e. The summed E-state index contributed by atoms with van der Waals surface area (Å²) in [7, 11) is 0. The number of nitriles is 1. The maximum Gasteiger partial charge on any atom is 0.265 e. The summed E-state index contributed by atoms with van der Waals surface area (Å²) in [5.74, 6) is 0.779. The van der Waals surface area contributed by atoms with E-state index in [0.717, 1.165) is 21.3 Å². The van der Waals surface area contributed by atoms with E-state index in [9.17, 15) is 10.1 Å². The molecule has 0 aliphatic heterocycles. The van der Waals surface area contributed by atoms with Gasteiger partial charge in [-0.15, -0.1) is 11.3 Å². The van der Waals surface area contributed by atoms with Crippen molar-refractivity contribution in [3.8, 4) is 11.8 Å². The van der Waals surface area contributed by atoms with Crippen molar-refractivity contribution in [3.63, 3.8) is 0 Å². The summed E-state index contributed by atoms with van der Waals surface area (Å²) in [6.07, 6.45) is 0. The van der Waals surface area contributed by atoms with Crippen LogP contribution in [-0.2, 0) is 11.3 Å². The maximum absolute atomic E-state index is 13.1. The number of nitrogens with zero attached hydrogens (tertiary/aromatic N) is 3. The maximum atomic E-state index is 13.1. The number of carbonyl (C=O) groups is 1. The first-order chi connectivity index (χ1) is 14.0. The Kier molecular flexibility index (Phi) is 6.63. The van der Waals surface area contributed by atoms with Crippen molar-refractivity contribution in [2.75, 3.05) is 11.5 Å². The highest BCUT2D eigenvalue weighted by Gasteiger charge is 2.23. The highest BCUT2D eigenvalue weighted by atomic mass is 32.1. The molecule has 0 unspecified atom stereocenters. The molecule has 0 bridgehead atoms. The Labute approximate surface area is 175 Å². The third-order valence-electron chi connectivity index (χ3n) is 4.33. The van der Waals surface area contributed by atoms with Crippen LogP contribution in [0.5, 0.6) is 5.75 Å². The van der Waals surface area contributed by atoms with Gasteiger partial charge in [-0.2, -0.15) is 5.26 Å². The van der Waals surface area contributed by atoms with Crippen molar-refractivity contribution in [3.05, 3.63) is 76.4 Å². The van der Waals surface area contributed by atoms with Gasteiger partial charge in [-0.05, 0) is 36.8 Å². The van der Waals surface area contributed by atoms with Gasteiger partial charge in [0.1, 0.15) is 10.8 Å². The predicted molar refractivity (Wildman–Crippen MR) is 115 cm³/mol. The molecule has 0 aliphatic carbocycles. The molecule has 0 N–H and O–H groups in total. The minimum atomic E-state index is -0.154. The lowest BCUT2D eigenvalue weighted by Gasteiger charge is -2.22. The highest BCUT2D eigenvalue weighted by molar-refractivity contribution is 7.16. The SMILES string of the molecule is Cc1nc(C(C)C)sc1N(Cc1cccc(C#N)c1)C(=O)COc1ccccc1. The second-order valence-corrected chi connectivity index (χ2v) is 8.00. The molecule has 3 rings (SSSR count). The number of ether oxygens (including phenoxy) is 1. The summed E-state index contributed by atoms with van der Waals surface area (Å²) in [4.78, 5) is 19.5. The number of hydrogen-bond donors (Lipinski definition) is 0. The number of aryl methyl sites for hydroxylation is 1. The topological polar surface area (TPSA) is 66.2 Å². The number of benzene rings is 2. The molecule has 1 aromatic heterocycles. The number of thiazole rings is 1. The predicted octanol–water partition coefficient (Wildman–Crippen LogP) is 5.06. The standard InChI is InChI=1S/C23H23N3O2S/c1-16(2)22-25-17(3)23(29-22)26(14-19-9-7-8-18(12-19)13-24)21(27)15-28-20-10-5-4-6-11-20/h4-12,16H,14-15H2,1-3H3. The summed E-state index contributed by atoms with van der Waals surface area (Å²) in [5.41, 5.74) is 2.28. The number of carbonyl (C=O) groups excluding carboxylic acids is 1. The smallest absolute Gasteiger partial charge is 0.265 e.